The molecular weight excluding hydrogens is 350 g/mol. The van der Waals surface area contributed by atoms with E-state index in [0.717, 1.165) is 0 Å². The summed E-state index contributed by atoms with van der Waals surface area (Å²) in [5.74, 6) is -0.338. The van der Waals surface area contributed by atoms with Gasteiger partial charge in [0.25, 0.3) is 0 Å². The number of phenolic OH excluding ortho intramolecular Hbond substituents is 2. The van der Waals surface area contributed by atoms with Crippen LogP contribution in [-0.2, 0) is 11.3 Å². The zero-order valence-corrected chi connectivity index (χ0v) is 14.2. The number of nitrogens with zero attached hydrogens (tertiary/aromatic N) is 1. The minimum atomic E-state index is -0.929. The maximum Gasteiger partial charge on any atom is 0.321 e. The molecule has 0 bridgehead atoms. The minimum absolute atomic E-state index is 0.0662. The zero-order chi connectivity index (χ0) is 17.3. The summed E-state index contributed by atoms with van der Waals surface area (Å²) in [7, 11) is 0. The highest BCUT2D eigenvalue weighted by Crippen LogP contribution is 2.45. The number of carboxylic acids is 1. The van der Waals surface area contributed by atoms with Gasteiger partial charge in [-0.25, -0.2) is 0 Å². The Kier molecular flexibility index (Phi) is 4.89. The van der Waals surface area contributed by atoms with Gasteiger partial charge < -0.3 is 15.3 Å². The first kappa shape index (κ1) is 17.0. The second-order valence-corrected chi connectivity index (χ2v) is 7.09. The van der Waals surface area contributed by atoms with Crippen molar-refractivity contribution in [3.63, 3.8) is 0 Å². The summed E-state index contributed by atoms with van der Waals surface area (Å²) in [5, 5.41) is 29.8. The average molecular weight is 366 g/mol. The van der Waals surface area contributed by atoms with Gasteiger partial charge >= 0.3 is 5.97 Å². The number of hydrogen-bond acceptors (Lipinski definition) is 5. The van der Waals surface area contributed by atoms with Gasteiger partial charge in [-0.05, 0) is 24.3 Å². The van der Waals surface area contributed by atoms with E-state index >= 15 is 0 Å². The topological polar surface area (TPSA) is 81.0 Å². The Morgan fingerprint density at radius 3 is 2.67 bits per heavy atom. The van der Waals surface area contributed by atoms with E-state index in [0.29, 0.717) is 21.9 Å². The summed E-state index contributed by atoms with van der Waals surface area (Å²) >= 11 is 7.44. The molecule has 1 saturated heterocycles. The lowest BCUT2D eigenvalue weighted by Crippen LogP contribution is -2.38. The van der Waals surface area contributed by atoms with Crippen molar-refractivity contribution in [2.24, 2.45) is 0 Å². The van der Waals surface area contributed by atoms with Gasteiger partial charge in [0.15, 0.2) is 0 Å². The van der Waals surface area contributed by atoms with Crippen LogP contribution < -0.4 is 0 Å². The van der Waals surface area contributed by atoms with Crippen molar-refractivity contribution in [1.29, 1.82) is 0 Å². The molecule has 2 aromatic carbocycles. The molecule has 24 heavy (non-hydrogen) atoms. The lowest BCUT2D eigenvalue weighted by molar-refractivity contribution is -0.142. The Labute approximate surface area is 148 Å². The third-order valence-corrected chi connectivity index (χ3v) is 5.58. The second kappa shape index (κ2) is 6.93. The van der Waals surface area contributed by atoms with E-state index in [1.165, 1.54) is 17.8 Å². The molecule has 1 heterocycles. The van der Waals surface area contributed by atoms with Crippen LogP contribution in [0.1, 0.15) is 16.5 Å². The number of carbonyl (C=O) groups is 1. The van der Waals surface area contributed by atoms with Gasteiger partial charge in [-0.1, -0.05) is 29.8 Å². The van der Waals surface area contributed by atoms with Crippen LogP contribution in [0.4, 0.5) is 0 Å². The van der Waals surface area contributed by atoms with Crippen LogP contribution in [0.5, 0.6) is 11.5 Å². The monoisotopic (exact) mass is 365 g/mol. The van der Waals surface area contributed by atoms with E-state index in [9.17, 15) is 20.1 Å². The van der Waals surface area contributed by atoms with Gasteiger partial charge in [0.1, 0.15) is 17.5 Å². The summed E-state index contributed by atoms with van der Waals surface area (Å²) in [5.41, 5.74) is 1.21. The highest BCUT2D eigenvalue weighted by atomic mass is 35.5. The first-order valence-electron chi connectivity index (χ1n) is 7.33. The van der Waals surface area contributed by atoms with Crippen molar-refractivity contribution in [3.05, 3.63) is 58.6 Å². The molecule has 0 saturated carbocycles. The van der Waals surface area contributed by atoms with Crippen LogP contribution in [0, 0.1) is 0 Å². The molecule has 2 aromatic rings. The second-order valence-electron chi connectivity index (χ2n) is 5.54. The maximum absolute atomic E-state index is 11.6. The van der Waals surface area contributed by atoms with Crippen molar-refractivity contribution in [3.8, 4) is 11.5 Å². The number of thioether (sulfide) groups is 1. The molecule has 7 heteroatoms. The van der Waals surface area contributed by atoms with Crippen LogP contribution in [0.25, 0.3) is 0 Å². The lowest BCUT2D eigenvalue weighted by Gasteiger charge is -2.28. The highest BCUT2D eigenvalue weighted by Gasteiger charge is 2.40. The largest absolute Gasteiger partial charge is 0.508 e. The quantitative estimate of drug-likeness (QED) is 0.770. The number of carboxylic acid groups (broad SMARTS) is 1. The van der Waals surface area contributed by atoms with Gasteiger partial charge in [-0.2, -0.15) is 0 Å². The molecule has 126 valence electrons. The summed E-state index contributed by atoms with van der Waals surface area (Å²) in [6.07, 6.45) is 0. The normalized spacial score (nSPS) is 21.0. The van der Waals surface area contributed by atoms with E-state index < -0.39 is 12.0 Å². The minimum Gasteiger partial charge on any atom is -0.508 e. The van der Waals surface area contributed by atoms with Crippen LogP contribution in [0.2, 0.25) is 5.02 Å². The Hall–Kier alpha value is -1.89. The molecule has 0 amide bonds. The zero-order valence-electron chi connectivity index (χ0n) is 12.6. The van der Waals surface area contributed by atoms with Gasteiger partial charge in [0.2, 0.25) is 0 Å². The van der Waals surface area contributed by atoms with Gasteiger partial charge in [0.05, 0.1) is 5.37 Å². The number of aliphatic carboxylic acids is 1. The van der Waals surface area contributed by atoms with E-state index in [4.69, 9.17) is 11.6 Å². The number of benzene rings is 2. The average Bonchev–Trinajstić information content (AvgIpc) is 2.95. The van der Waals surface area contributed by atoms with Gasteiger partial charge in [0, 0.05) is 28.4 Å². The summed E-state index contributed by atoms with van der Waals surface area (Å²) in [6, 6.07) is 10.9. The third kappa shape index (κ3) is 3.31. The molecule has 1 aliphatic heterocycles. The van der Waals surface area contributed by atoms with Crippen molar-refractivity contribution in [2.75, 3.05) is 5.75 Å². The molecule has 0 spiro atoms. The molecule has 2 atom stereocenters. The number of aromatic hydroxyl groups is 2. The molecule has 5 nitrogen and oxygen atoms in total. The first-order chi connectivity index (χ1) is 11.5. The van der Waals surface area contributed by atoms with Crippen LogP contribution in [0.3, 0.4) is 0 Å². The van der Waals surface area contributed by atoms with E-state index in [2.05, 4.69) is 0 Å². The SMILES string of the molecule is O=C(O)[C@H]1CS[C@@H](c2ccccc2O)N1Cc1cc(Cl)ccc1O. The van der Waals surface area contributed by atoms with Crippen molar-refractivity contribution >= 4 is 29.3 Å². The number of halogens is 1. The fraction of sp³-hybridized carbons (Fsp3) is 0.235. The standard InChI is InChI=1S/C17H16ClNO4S/c18-11-5-6-14(20)10(7-11)8-19-13(17(22)23)9-24-16(19)12-3-1-2-4-15(12)21/h1-7,13,16,20-21H,8-9H2,(H,22,23)/t13-,16+/m1/s1. The molecule has 0 unspecified atom stereocenters. The molecular formula is C17H16ClNO4S. The van der Waals surface area contributed by atoms with Crippen molar-refractivity contribution in [2.45, 2.75) is 18.0 Å². The Bertz CT molecular complexity index is 770. The van der Waals surface area contributed by atoms with Crippen molar-refractivity contribution < 1.29 is 20.1 Å². The Balaban J connectivity index is 1.96. The fourth-order valence-electron chi connectivity index (χ4n) is 2.79. The molecule has 3 N–H and O–H groups in total. The predicted molar refractivity (Wildman–Crippen MR) is 93.4 cm³/mol. The maximum atomic E-state index is 11.6. The molecule has 0 aromatic heterocycles. The van der Waals surface area contributed by atoms with E-state index in [1.807, 2.05) is 0 Å². The first-order valence-corrected chi connectivity index (χ1v) is 8.75. The van der Waals surface area contributed by atoms with Crippen LogP contribution in [-0.4, -0.2) is 38.0 Å². The number of phenols is 2. The summed E-state index contributed by atoms with van der Waals surface area (Å²) < 4.78 is 0. The molecule has 0 aliphatic carbocycles. The number of hydrogen-bond donors (Lipinski definition) is 3. The Morgan fingerprint density at radius 2 is 1.96 bits per heavy atom. The number of rotatable bonds is 4. The third-order valence-electron chi connectivity index (χ3n) is 4.00. The highest BCUT2D eigenvalue weighted by molar-refractivity contribution is 7.99. The smallest absolute Gasteiger partial charge is 0.321 e. The fourth-order valence-corrected chi connectivity index (χ4v) is 4.47. The molecule has 1 aliphatic rings. The van der Waals surface area contributed by atoms with Crippen LogP contribution in [0.15, 0.2) is 42.5 Å². The summed E-state index contributed by atoms with van der Waals surface area (Å²) in [4.78, 5) is 13.4. The molecule has 0 radical (unpaired) electrons. The molecule has 3 rings (SSSR count). The van der Waals surface area contributed by atoms with E-state index in [-0.39, 0.29) is 23.4 Å². The van der Waals surface area contributed by atoms with Gasteiger partial charge in [-0.15, -0.1) is 11.8 Å². The Morgan fingerprint density at radius 1 is 1.21 bits per heavy atom. The lowest BCUT2D eigenvalue weighted by atomic mass is 10.1. The number of para-hydroxylation sites is 1. The summed E-state index contributed by atoms with van der Waals surface area (Å²) in [6.45, 7) is 0.218. The van der Waals surface area contributed by atoms with Crippen molar-refractivity contribution in [1.82, 2.24) is 4.90 Å². The van der Waals surface area contributed by atoms with E-state index in [1.54, 1.807) is 41.3 Å². The predicted octanol–water partition coefficient (Wildman–Crippen LogP) is 3.45. The molecule has 1 fully saturated rings. The van der Waals surface area contributed by atoms with Gasteiger partial charge in [-0.3, -0.25) is 9.69 Å². The van der Waals surface area contributed by atoms with Crippen LogP contribution >= 0.6 is 23.4 Å².